The van der Waals surface area contributed by atoms with E-state index in [-0.39, 0.29) is 5.82 Å². The molecule has 2 aromatic heterocycles. The Kier molecular flexibility index (Phi) is 3.96. The second-order valence-corrected chi connectivity index (χ2v) is 2.59. The molecule has 0 saturated carbocycles. The minimum Gasteiger partial charge on any atom is -0.358 e. The zero-order valence-corrected chi connectivity index (χ0v) is 8.03. The Bertz CT molecular complexity index is 400. The van der Waals surface area contributed by atoms with Crippen LogP contribution in [-0.2, 0) is 0 Å². The third kappa shape index (κ3) is 3.99. The summed E-state index contributed by atoms with van der Waals surface area (Å²) in [6.07, 6.45) is 2.94. The standard InChI is InChI=1S/C6H7N.C3H2N2O3/c1-6-4-2-3-5-7-6;6-5(7)3-1-2-8-4-3/h2-5H,1H3;1-2H. The van der Waals surface area contributed by atoms with E-state index >= 15 is 0 Å². The molecule has 0 aromatic carbocycles. The summed E-state index contributed by atoms with van der Waals surface area (Å²) < 4.78 is 4.18. The van der Waals surface area contributed by atoms with Crippen LogP contribution in [0.5, 0.6) is 0 Å². The van der Waals surface area contributed by atoms with Crippen LogP contribution < -0.4 is 0 Å². The smallest absolute Gasteiger partial charge is 0.358 e. The largest absolute Gasteiger partial charge is 0.413 e. The molecular formula is C9H9N3O3. The molecule has 6 nitrogen and oxygen atoms in total. The van der Waals surface area contributed by atoms with Crippen molar-refractivity contribution in [2.45, 2.75) is 6.92 Å². The Morgan fingerprint density at radius 2 is 2.20 bits per heavy atom. The summed E-state index contributed by atoms with van der Waals surface area (Å²) in [5.74, 6) is -0.259. The minimum absolute atomic E-state index is 0.259. The highest BCUT2D eigenvalue weighted by Crippen LogP contribution is 2.02. The van der Waals surface area contributed by atoms with Crippen molar-refractivity contribution in [1.82, 2.24) is 10.1 Å². The van der Waals surface area contributed by atoms with E-state index in [1.807, 2.05) is 25.1 Å². The van der Waals surface area contributed by atoms with Crippen LogP contribution in [0.1, 0.15) is 5.69 Å². The third-order valence-corrected chi connectivity index (χ3v) is 1.42. The minimum atomic E-state index is -0.622. The van der Waals surface area contributed by atoms with Crippen molar-refractivity contribution in [3.05, 3.63) is 52.5 Å². The second kappa shape index (κ2) is 5.48. The van der Waals surface area contributed by atoms with Gasteiger partial charge in [-0.2, -0.15) is 0 Å². The van der Waals surface area contributed by atoms with Crippen molar-refractivity contribution >= 4 is 5.82 Å². The fraction of sp³-hybridized carbons (Fsp3) is 0.111. The molecule has 6 heteroatoms. The van der Waals surface area contributed by atoms with Crippen LogP contribution in [0.4, 0.5) is 5.82 Å². The molecule has 0 amide bonds. The van der Waals surface area contributed by atoms with Crippen LogP contribution in [0.15, 0.2) is 41.2 Å². The SMILES string of the molecule is Cc1ccccn1.O=[N+]([O-])c1ccon1. The lowest BCUT2D eigenvalue weighted by atomic mass is 10.4. The molecule has 0 radical (unpaired) electrons. The summed E-state index contributed by atoms with van der Waals surface area (Å²) in [6.45, 7) is 1.97. The Labute approximate surface area is 85.7 Å². The fourth-order valence-corrected chi connectivity index (χ4v) is 0.748. The molecule has 0 unspecified atom stereocenters. The van der Waals surface area contributed by atoms with Crippen LogP contribution >= 0.6 is 0 Å². The molecule has 2 heterocycles. The van der Waals surface area contributed by atoms with E-state index in [2.05, 4.69) is 14.7 Å². The Morgan fingerprint density at radius 3 is 2.47 bits per heavy atom. The van der Waals surface area contributed by atoms with E-state index in [1.165, 1.54) is 6.07 Å². The molecule has 2 rings (SSSR count). The van der Waals surface area contributed by atoms with Crippen molar-refractivity contribution in [2.75, 3.05) is 0 Å². The number of rotatable bonds is 1. The summed E-state index contributed by atoms with van der Waals surface area (Å²) in [4.78, 5) is 13.1. The van der Waals surface area contributed by atoms with Crippen LogP contribution in [0, 0.1) is 17.0 Å². The highest BCUT2D eigenvalue weighted by Gasteiger charge is 2.06. The number of pyridine rings is 1. The Balaban J connectivity index is 0.000000151. The predicted octanol–water partition coefficient (Wildman–Crippen LogP) is 1.97. The quantitative estimate of drug-likeness (QED) is 0.527. The molecule has 0 bridgehead atoms. The van der Waals surface area contributed by atoms with Gasteiger partial charge in [-0.15, -0.1) is 0 Å². The van der Waals surface area contributed by atoms with E-state index in [0.717, 1.165) is 12.0 Å². The lowest BCUT2D eigenvalue weighted by molar-refractivity contribution is -0.390. The van der Waals surface area contributed by atoms with Gasteiger partial charge in [0.2, 0.25) is 0 Å². The van der Waals surface area contributed by atoms with Gasteiger partial charge in [0, 0.05) is 11.9 Å². The first-order chi connectivity index (χ1) is 7.20. The van der Waals surface area contributed by atoms with Gasteiger partial charge in [0.1, 0.15) is 0 Å². The topological polar surface area (TPSA) is 82.1 Å². The molecular weight excluding hydrogens is 198 g/mol. The maximum atomic E-state index is 9.75. The van der Waals surface area contributed by atoms with E-state index in [9.17, 15) is 10.1 Å². The first-order valence-corrected chi connectivity index (χ1v) is 4.12. The van der Waals surface area contributed by atoms with Gasteiger partial charge in [-0.25, -0.2) is 0 Å². The van der Waals surface area contributed by atoms with Crippen molar-refractivity contribution < 1.29 is 9.45 Å². The maximum Gasteiger partial charge on any atom is 0.413 e. The van der Waals surface area contributed by atoms with Crippen molar-refractivity contribution in [3.8, 4) is 0 Å². The van der Waals surface area contributed by atoms with Gasteiger partial charge in [-0.3, -0.25) is 9.51 Å². The number of aromatic nitrogens is 2. The van der Waals surface area contributed by atoms with Crippen molar-refractivity contribution in [1.29, 1.82) is 0 Å². The van der Waals surface area contributed by atoms with Gasteiger partial charge >= 0.3 is 5.82 Å². The van der Waals surface area contributed by atoms with Gasteiger partial charge in [0.05, 0.1) is 6.07 Å². The van der Waals surface area contributed by atoms with E-state index in [0.29, 0.717) is 0 Å². The molecule has 78 valence electrons. The molecule has 15 heavy (non-hydrogen) atoms. The normalized spacial score (nSPS) is 8.87. The molecule has 0 atom stereocenters. The van der Waals surface area contributed by atoms with Crippen LogP contribution in [0.25, 0.3) is 0 Å². The van der Waals surface area contributed by atoms with E-state index in [1.54, 1.807) is 6.20 Å². The summed E-state index contributed by atoms with van der Waals surface area (Å²) >= 11 is 0. The van der Waals surface area contributed by atoms with Crippen LogP contribution in [0.2, 0.25) is 0 Å². The van der Waals surface area contributed by atoms with Crippen molar-refractivity contribution in [2.24, 2.45) is 0 Å². The van der Waals surface area contributed by atoms with Gasteiger partial charge in [-0.05, 0) is 24.0 Å². The molecule has 0 aliphatic heterocycles. The van der Waals surface area contributed by atoms with E-state index in [4.69, 9.17) is 0 Å². The molecule has 0 fully saturated rings. The number of nitrogens with zero attached hydrogens (tertiary/aromatic N) is 3. The lowest BCUT2D eigenvalue weighted by Gasteiger charge is -1.82. The zero-order valence-electron chi connectivity index (χ0n) is 8.03. The van der Waals surface area contributed by atoms with Gasteiger partial charge < -0.3 is 10.1 Å². The highest BCUT2D eigenvalue weighted by atomic mass is 16.6. The maximum absolute atomic E-state index is 9.75. The molecule has 2 aromatic rings. The molecule has 0 aliphatic carbocycles. The van der Waals surface area contributed by atoms with Crippen molar-refractivity contribution in [3.63, 3.8) is 0 Å². The number of aryl methyl sites for hydroxylation is 1. The average Bonchev–Trinajstić information content (AvgIpc) is 2.72. The summed E-state index contributed by atoms with van der Waals surface area (Å²) in [7, 11) is 0. The third-order valence-electron chi connectivity index (χ3n) is 1.42. The molecule has 0 spiro atoms. The summed E-state index contributed by atoms with van der Waals surface area (Å²) in [6, 6.07) is 7.04. The highest BCUT2D eigenvalue weighted by molar-refractivity contribution is 5.10. The zero-order chi connectivity index (χ0) is 11.1. The van der Waals surface area contributed by atoms with Crippen LogP contribution in [0.3, 0.4) is 0 Å². The monoisotopic (exact) mass is 207 g/mol. The molecule has 0 N–H and O–H groups in total. The Hall–Kier alpha value is -2.24. The first-order valence-electron chi connectivity index (χ1n) is 4.12. The number of hydrogen-bond donors (Lipinski definition) is 0. The number of hydrogen-bond acceptors (Lipinski definition) is 5. The molecule has 0 aliphatic rings. The fourth-order valence-electron chi connectivity index (χ4n) is 0.748. The predicted molar refractivity (Wildman–Crippen MR) is 52.1 cm³/mol. The lowest BCUT2D eigenvalue weighted by Crippen LogP contribution is -1.85. The second-order valence-electron chi connectivity index (χ2n) is 2.59. The number of nitro groups is 1. The van der Waals surface area contributed by atoms with Gasteiger partial charge in [0.15, 0.2) is 11.4 Å². The summed E-state index contributed by atoms with van der Waals surface area (Å²) in [5.41, 5.74) is 1.07. The van der Waals surface area contributed by atoms with E-state index < -0.39 is 4.92 Å². The first kappa shape index (κ1) is 10.8. The van der Waals surface area contributed by atoms with Gasteiger partial charge in [0.25, 0.3) is 0 Å². The summed E-state index contributed by atoms with van der Waals surface area (Å²) in [5, 5.41) is 12.8. The molecule has 0 saturated heterocycles. The average molecular weight is 207 g/mol. The van der Waals surface area contributed by atoms with Crippen LogP contribution in [-0.4, -0.2) is 15.1 Å². The van der Waals surface area contributed by atoms with Gasteiger partial charge in [-0.1, -0.05) is 6.07 Å². The Morgan fingerprint density at radius 1 is 1.40 bits per heavy atom.